The molecule has 0 rings (SSSR count). The molecule has 0 fully saturated rings. The summed E-state index contributed by atoms with van der Waals surface area (Å²) in [7, 11) is 0. The van der Waals surface area contributed by atoms with E-state index < -0.39 is 12.1 Å². The van der Waals surface area contributed by atoms with E-state index in [9.17, 15) is 15.0 Å². The van der Waals surface area contributed by atoms with Gasteiger partial charge in [-0.05, 0) is 38.5 Å². The molecule has 57 heavy (non-hydrogen) atoms. The minimum Gasteiger partial charge on any atom is -0.394 e. The van der Waals surface area contributed by atoms with Gasteiger partial charge in [0.05, 0.1) is 18.8 Å². The summed E-state index contributed by atoms with van der Waals surface area (Å²) in [6.45, 7) is 4.38. The van der Waals surface area contributed by atoms with Gasteiger partial charge in [0, 0.05) is 6.42 Å². The van der Waals surface area contributed by atoms with E-state index >= 15 is 0 Å². The van der Waals surface area contributed by atoms with Crippen molar-refractivity contribution in [3.05, 3.63) is 12.2 Å². The Hall–Kier alpha value is -0.870. The zero-order valence-electron chi connectivity index (χ0n) is 39.1. The fourth-order valence-corrected chi connectivity index (χ4v) is 8.48. The Morgan fingerprint density at radius 3 is 0.965 bits per heavy atom. The fraction of sp³-hybridized carbons (Fsp3) is 0.943. The first-order valence-corrected chi connectivity index (χ1v) is 26.4. The van der Waals surface area contributed by atoms with Crippen molar-refractivity contribution in [1.82, 2.24) is 5.32 Å². The minimum atomic E-state index is -0.655. The van der Waals surface area contributed by atoms with Crippen LogP contribution in [0.5, 0.6) is 0 Å². The molecule has 2 atom stereocenters. The van der Waals surface area contributed by atoms with Gasteiger partial charge in [-0.15, -0.1) is 0 Å². The topological polar surface area (TPSA) is 69.6 Å². The molecule has 0 spiro atoms. The molecule has 0 aliphatic rings. The summed E-state index contributed by atoms with van der Waals surface area (Å²) in [6.07, 6.45) is 63.4. The number of nitrogens with one attached hydrogen (secondary N) is 1. The van der Waals surface area contributed by atoms with Gasteiger partial charge < -0.3 is 15.5 Å². The lowest BCUT2D eigenvalue weighted by atomic mass is 10.0. The number of carbonyl (C=O) groups is 1. The van der Waals surface area contributed by atoms with Gasteiger partial charge in [-0.1, -0.05) is 270 Å². The quantitative estimate of drug-likeness (QED) is 0.0424. The predicted molar refractivity (Wildman–Crippen MR) is 253 cm³/mol. The molecule has 0 radical (unpaired) electrons. The summed E-state index contributed by atoms with van der Waals surface area (Å²) in [6, 6.07) is -0.531. The second-order valence-corrected chi connectivity index (χ2v) is 18.3. The number of unbranched alkanes of at least 4 members (excludes halogenated alkanes) is 40. The van der Waals surface area contributed by atoms with Gasteiger partial charge in [0.2, 0.25) is 5.91 Å². The third kappa shape index (κ3) is 46.1. The monoisotopic (exact) mass is 804 g/mol. The second-order valence-electron chi connectivity index (χ2n) is 18.3. The lowest BCUT2D eigenvalue weighted by Gasteiger charge is -2.22. The number of allylic oxidation sites excluding steroid dienone is 2. The van der Waals surface area contributed by atoms with Crippen molar-refractivity contribution >= 4 is 5.91 Å². The van der Waals surface area contributed by atoms with E-state index in [1.54, 1.807) is 0 Å². The Kier molecular flexibility index (Phi) is 48.7. The van der Waals surface area contributed by atoms with Crippen LogP contribution in [0.15, 0.2) is 12.2 Å². The van der Waals surface area contributed by atoms with E-state index in [4.69, 9.17) is 0 Å². The van der Waals surface area contributed by atoms with Gasteiger partial charge in [-0.25, -0.2) is 0 Å². The number of amides is 1. The predicted octanol–water partition coefficient (Wildman–Crippen LogP) is 17.0. The first-order chi connectivity index (χ1) is 28.2. The van der Waals surface area contributed by atoms with E-state index in [2.05, 4.69) is 31.3 Å². The van der Waals surface area contributed by atoms with Crippen LogP contribution in [0.3, 0.4) is 0 Å². The van der Waals surface area contributed by atoms with Crippen LogP contribution in [0.2, 0.25) is 0 Å². The Morgan fingerprint density at radius 2 is 0.667 bits per heavy atom. The molecule has 0 aliphatic heterocycles. The van der Waals surface area contributed by atoms with Crippen molar-refractivity contribution in [3.63, 3.8) is 0 Å². The highest BCUT2D eigenvalue weighted by Gasteiger charge is 2.20. The van der Waals surface area contributed by atoms with Gasteiger partial charge in [-0.3, -0.25) is 4.79 Å². The molecule has 4 nitrogen and oxygen atoms in total. The molecule has 1 amide bonds. The number of carbonyl (C=O) groups excluding carboxylic acids is 1. The van der Waals surface area contributed by atoms with Crippen molar-refractivity contribution in [1.29, 1.82) is 0 Å². The van der Waals surface area contributed by atoms with Crippen LogP contribution in [-0.4, -0.2) is 34.9 Å². The van der Waals surface area contributed by atoms with Crippen molar-refractivity contribution in [2.24, 2.45) is 0 Å². The van der Waals surface area contributed by atoms with Gasteiger partial charge >= 0.3 is 0 Å². The molecule has 0 saturated carbocycles. The molecule has 3 N–H and O–H groups in total. The molecular weight excluding hydrogens is 699 g/mol. The minimum absolute atomic E-state index is 0.0264. The highest BCUT2D eigenvalue weighted by atomic mass is 16.3. The van der Waals surface area contributed by atoms with Crippen LogP contribution in [0.1, 0.15) is 303 Å². The molecule has 0 aromatic rings. The summed E-state index contributed by atoms with van der Waals surface area (Å²) in [5.41, 5.74) is 0. The van der Waals surface area contributed by atoms with Crippen LogP contribution in [0, 0.1) is 0 Å². The zero-order valence-corrected chi connectivity index (χ0v) is 39.1. The molecular formula is C53H105NO3. The Bertz CT molecular complexity index is 784. The standard InChI is InChI=1S/C53H105NO3/c1-3-5-7-9-11-13-15-17-18-19-20-21-22-23-24-25-26-27-28-29-30-31-32-33-34-35-37-39-41-43-45-47-49-53(57)54-51(50-55)52(56)48-46-44-42-40-38-36-16-14-12-10-8-6-4-2/h23-24,51-52,55-56H,3-22,25-50H2,1-2H3,(H,54,57)/b24-23-. The van der Waals surface area contributed by atoms with E-state index in [1.807, 2.05) is 0 Å². The molecule has 0 saturated heterocycles. The van der Waals surface area contributed by atoms with E-state index in [-0.39, 0.29) is 12.5 Å². The number of hydrogen-bond acceptors (Lipinski definition) is 3. The lowest BCUT2D eigenvalue weighted by molar-refractivity contribution is -0.123. The fourth-order valence-electron chi connectivity index (χ4n) is 8.48. The molecule has 0 aliphatic carbocycles. The summed E-state index contributed by atoms with van der Waals surface area (Å²) in [5.74, 6) is -0.0264. The Morgan fingerprint density at radius 1 is 0.404 bits per heavy atom. The molecule has 0 bridgehead atoms. The highest BCUT2D eigenvalue weighted by molar-refractivity contribution is 5.76. The van der Waals surface area contributed by atoms with E-state index in [0.717, 1.165) is 25.7 Å². The van der Waals surface area contributed by atoms with Crippen molar-refractivity contribution < 1.29 is 15.0 Å². The number of rotatable bonds is 49. The molecule has 340 valence electrons. The van der Waals surface area contributed by atoms with Crippen molar-refractivity contribution in [2.75, 3.05) is 6.61 Å². The van der Waals surface area contributed by atoms with E-state index in [0.29, 0.717) is 12.8 Å². The molecule has 4 heteroatoms. The number of hydrogen-bond donors (Lipinski definition) is 3. The average molecular weight is 804 g/mol. The SMILES string of the molecule is CCCCCCCCCCCCCC/C=C\CCCCCCCCCCCCCCCCCCC(=O)NC(CO)C(O)CCCCCCCCCCCCCCC. The highest BCUT2D eigenvalue weighted by Crippen LogP contribution is 2.17. The first-order valence-electron chi connectivity index (χ1n) is 26.4. The zero-order chi connectivity index (χ0) is 41.4. The van der Waals surface area contributed by atoms with Gasteiger partial charge in [-0.2, -0.15) is 0 Å². The van der Waals surface area contributed by atoms with E-state index in [1.165, 1.54) is 250 Å². The second kappa shape index (κ2) is 49.5. The molecule has 0 aromatic heterocycles. The van der Waals surface area contributed by atoms with Crippen LogP contribution < -0.4 is 5.32 Å². The average Bonchev–Trinajstić information content (AvgIpc) is 3.22. The van der Waals surface area contributed by atoms with Crippen molar-refractivity contribution in [3.8, 4) is 0 Å². The first kappa shape index (κ1) is 56.1. The van der Waals surface area contributed by atoms with Gasteiger partial charge in [0.1, 0.15) is 0 Å². The largest absolute Gasteiger partial charge is 0.394 e. The lowest BCUT2D eigenvalue weighted by Crippen LogP contribution is -2.45. The van der Waals surface area contributed by atoms with Crippen LogP contribution >= 0.6 is 0 Å². The maximum Gasteiger partial charge on any atom is 0.220 e. The summed E-state index contributed by atoms with van der Waals surface area (Å²) in [5, 5.41) is 23.2. The summed E-state index contributed by atoms with van der Waals surface area (Å²) in [4.78, 5) is 12.4. The van der Waals surface area contributed by atoms with Gasteiger partial charge in [0.15, 0.2) is 0 Å². The van der Waals surface area contributed by atoms with Gasteiger partial charge in [0.25, 0.3) is 0 Å². The summed E-state index contributed by atoms with van der Waals surface area (Å²) >= 11 is 0. The number of aliphatic hydroxyl groups excluding tert-OH is 2. The Labute approximate surface area is 358 Å². The smallest absolute Gasteiger partial charge is 0.220 e. The summed E-state index contributed by atoms with van der Waals surface area (Å²) < 4.78 is 0. The number of aliphatic hydroxyl groups is 2. The molecule has 2 unspecified atom stereocenters. The maximum atomic E-state index is 12.4. The van der Waals surface area contributed by atoms with Crippen LogP contribution in [-0.2, 0) is 4.79 Å². The third-order valence-electron chi connectivity index (χ3n) is 12.5. The third-order valence-corrected chi connectivity index (χ3v) is 12.5. The normalized spacial score (nSPS) is 12.8. The molecule has 0 aromatic carbocycles. The van der Waals surface area contributed by atoms with Crippen LogP contribution in [0.4, 0.5) is 0 Å². The molecule has 0 heterocycles. The van der Waals surface area contributed by atoms with Crippen LogP contribution in [0.25, 0.3) is 0 Å². The Balaban J connectivity index is 3.38. The maximum absolute atomic E-state index is 12.4. The van der Waals surface area contributed by atoms with Crippen molar-refractivity contribution in [2.45, 2.75) is 315 Å².